The Kier molecular flexibility index (Phi) is 4.51. The van der Waals surface area contributed by atoms with Crippen LogP contribution in [0.2, 0.25) is 0 Å². The highest BCUT2D eigenvalue weighted by atomic mass is 14.5. The lowest BCUT2D eigenvalue weighted by Gasteiger charge is -2.03. The van der Waals surface area contributed by atoms with Crippen LogP contribution in [0.1, 0.15) is 11.1 Å². The molecule has 0 spiro atoms. The van der Waals surface area contributed by atoms with Gasteiger partial charge in [-0.15, -0.1) is 0 Å². The average Bonchev–Trinajstić information content (AvgIpc) is 2.45. The molecule has 0 bridgehead atoms. The van der Waals surface area contributed by atoms with E-state index in [0.29, 0.717) is 6.54 Å². The van der Waals surface area contributed by atoms with Crippen LogP contribution in [0.15, 0.2) is 72.8 Å². The number of hydrogen-bond acceptors (Lipinski definition) is 1. The van der Waals surface area contributed by atoms with Crippen molar-refractivity contribution in [2.75, 3.05) is 6.54 Å². The molecule has 0 aliphatic rings. The van der Waals surface area contributed by atoms with E-state index in [-0.39, 0.29) is 0 Å². The van der Waals surface area contributed by atoms with Gasteiger partial charge in [-0.2, -0.15) is 0 Å². The fourth-order valence-electron chi connectivity index (χ4n) is 1.78. The minimum Gasteiger partial charge on any atom is -0.327 e. The van der Waals surface area contributed by atoms with Gasteiger partial charge in [0.15, 0.2) is 0 Å². The SMILES string of the molecule is NC/C=C/C(=C\c1ccccc1)c1ccccc1. The standard InChI is InChI=1S/C17H17N/c18-13-7-12-17(16-10-5-2-6-11-16)14-15-8-3-1-4-9-15/h1-12,14H,13,18H2/b12-7+,17-14+. The van der Waals surface area contributed by atoms with Gasteiger partial charge in [0, 0.05) is 6.54 Å². The van der Waals surface area contributed by atoms with Crippen LogP contribution in [0, 0.1) is 0 Å². The van der Waals surface area contributed by atoms with Crippen molar-refractivity contribution in [1.29, 1.82) is 0 Å². The summed E-state index contributed by atoms with van der Waals surface area (Å²) in [7, 11) is 0. The molecule has 0 aliphatic carbocycles. The van der Waals surface area contributed by atoms with Gasteiger partial charge in [0.2, 0.25) is 0 Å². The van der Waals surface area contributed by atoms with Crippen molar-refractivity contribution in [3.8, 4) is 0 Å². The molecule has 1 heteroatoms. The third-order valence-corrected chi connectivity index (χ3v) is 2.66. The minimum absolute atomic E-state index is 0.555. The molecule has 2 aromatic carbocycles. The molecule has 0 radical (unpaired) electrons. The first-order chi connectivity index (χ1) is 8.90. The molecule has 0 aromatic heterocycles. The zero-order chi connectivity index (χ0) is 12.6. The molecule has 0 heterocycles. The quantitative estimate of drug-likeness (QED) is 0.634. The van der Waals surface area contributed by atoms with E-state index in [2.05, 4.69) is 36.4 Å². The smallest absolute Gasteiger partial charge is 0.0110 e. The second-order valence-corrected chi connectivity index (χ2v) is 4.01. The molecule has 0 saturated heterocycles. The summed E-state index contributed by atoms with van der Waals surface area (Å²) in [4.78, 5) is 0. The second-order valence-electron chi connectivity index (χ2n) is 4.01. The molecular formula is C17H17N. The van der Waals surface area contributed by atoms with E-state index < -0.39 is 0 Å². The number of benzene rings is 2. The van der Waals surface area contributed by atoms with Gasteiger partial charge < -0.3 is 5.73 Å². The van der Waals surface area contributed by atoms with E-state index in [9.17, 15) is 0 Å². The first kappa shape index (κ1) is 12.3. The number of allylic oxidation sites excluding steroid dienone is 2. The van der Waals surface area contributed by atoms with Gasteiger partial charge in [-0.05, 0) is 22.8 Å². The highest BCUT2D eigenvalue weighted by Crippen LogP contribution is 2.19. The van der Waals surface area contributed by atoms with Crippen molar-refractivity contribution in [2.24, 2.45) is 5.73 Å². The Morgan fingerprint density at radius 2 is 1.50 bits per heavy atom. The number of hydrogen-bond donors (Lipinski definition) is 1. The van der Waals surface area contributed by atoms with Gasteiger partial charge >= 0.3 is 0 Å². The Balaban J connectivity index is 2.37. The van der Waals surface area contributed by atoms with Crippen LogP contribution >= 0.6 is 0 Å². The summed E-state index contributed by atoms with van der Waals surface area (Å²) >= 11 is 0. The van der Waals surface area contributed by atoms with E-state index in [0.717, 1.165) is 0 Å². The van der Waals surface area contributed by atoms with Crippen molar-refractivity contribution < 1.29 is 0 Å². The zero-order valence-electron chi connectivity index (χ0n) is 10.3. The normalized spacial score (nSPS) is 11.9. The van der Waals surface area contributed by atoms with Crippen LogP contribution < -0.4 is 5.73 Å². The van der Waals surface area contributed by atoms with Crippen LogP contribution in [-0.4, -0.2) is 6.54 Å². The first-order valence-electron chi connectivity index (χ1n) is 6.09. The molecule has 0 atom stereocenters. The third kappa shape index (κ3) is 3.44. The van der Waals surface area contributed by atoms with Crippen LogP contribution in [0.4, 0.5) is 0 Å². The monoisotopic (exact) mass is 235 g/mol. The van der Waals surface area contributed by atoms with Gasteiger partial charge in [0.25, 0.3) is 0 Å². The molecule has 0 fully saturated rings. The summed E-state index contributed by atoms with van der Waals surface area (Å²) in [5.41, 5.74) is 9.10. The maximum absolute atomic E-state index is 5.53. The van der Waals surface area contributed by atoms with Crippen LogP contribution in [0.3, 0.4) is 0 Å². The molecule has 0 saturated carbocycles. The van der Waals surface area contributed by atoms with Crippen LogP contribution in [0.5, 0.6) is 0 Å². The van der Waals surface area contributed by atoms with Gasteiger partial charge in [-0.1, -0.05) is 72.8 Å². The number of nitrogens with two attached hydrogens (primary N) is 1. The largest absolute Gasteiger partial charge is 0.327 e. The predicted molar refractivity (Wildman–Crippen MR) is 78.9 cm³/mol. The summed E-state index contributed by atoms with van der Waals surface area (Å²) in [5, 5.41) is 0. The maximum Gasteiger partial charge on any atom is 0.0110 e. The van der Waals surface area contributed by atoms with E-state index in [1.165, 1.54) is 16.7 Å². The Bertz CT molecular complexity index is 524. The molecule has 18 heavy (non-hydrogen) atoms. The van der Waals surface area contributed by atoms with Gasteiger partial charge in [0.05, 0.1) is 0 Å². The lowest BCUT2D eigenvalue weighted by molar-refractivity contribution is 1.26. The number of rotatable bonds is 4. The van der Waals surface area contributed by atoms with Crippen LogP contribution in [-0.2, 0) is 0 Å². The maximum atomic E-state index is 5.53. The van der Waals surface area contributed by atoms with Crippen LogP contribution in [0.25, 0.3) is 11.6 Å². The van der Waals surface area contributed by atoms with Gasteiger partial charge in [-0.3, -0.25) is 0 Å². The van der Waals surface area contributed by atoms with E-state index in [1.54, 1.807) is 0 Å². The summed E-state index contributed by atoms with van der Waals surface area (Å²) in [5.74, 6) is 0. The predicted octanol–water partition coefficient (Wildman–Crippen LogP) is 3.74. The van der Waals surface area contributed by atoms with Crippen molar-refractivity contribution in [2.45, 2.75) is 0 Å². The van der Waals surface area contributed by atoms with Crippen molar-refractivity contribution >= 4 is 11.6 Å². The summed E-state index contributed by atoms with van der Waals surface area (Å²) in [6.07, 6.45) is 6.21. The van der Waals surface area contributed by atoms with E-state index in [1.807, 2.05) is 42.5 Å². The molecule has 0 unspecified atom stereocenters. The fraction of sp³-hybridized carbons (Fsp3) is 0.0588. The second kappa shape index (κ2) is 6.58. The minimum atomic E-state index is 0.555. The van der Waals surface area contributed by atoms with E-state index in [4.69, 9.17) is 5.73 Å². The molecule has 0 amide bonds. The van der Waals surface area contributed by atoms with Crippen molar-refractivity contribution in [1.82, 2.24) is 0 Å². The Labute approximate surface area is 108 Å². The molecule has 2 rings (SSSR count). The van der Waals surface area contributed by atoms with Gasteiger partial charge in [-0.25, -0.2) is 0 Å². The summed E-state index contributed by atoms with van der Waals surface area (Å²) in [6, 6.07) is 20.6. The fourth-order valence-corrected chi connectivity index (χ4v) is 1.78. The molecule has 2 aromatic rings. The van der Waals surface area contributed by atoms with Gasteiger partial charge in [0.1, 0.15) is 0 Å². The molecule has 2 N–H and O–H groups in total. The lowest BCUT2D eigenvalue weighted by Crippen LogP contribution is -1.92. The molecule has 1 nitrogen and oxygen atoms in total. The third-order valence-electron chi connectivity index (χ3n) is 2.66. The van der Waals surface area contributed by atoms with Crippen molar-refractivity contribution in [3.05, 3.63) is 83.9 Å². The summed E-state index contributed by atoms with van der Waals surface area (Å²) < 4.78 is 0. The Morgan fingerprint density at radius 3 is 2.11 bits per heavy atom. The summed E-state index contributed by atoms with van der Waals surface area (Å²) in [6.45, 7) is 0.555. The Hall–Kier alpha value is -2.12. The molecular weight excluding hydrogens is 218 g/mol. The molecule has 90 valence electrons. The zero-order valence-corrected chi connectivity index (χ0v) is 10.3. The van der Waals surface area contributed by atoms with E-state index >= 15 is 0 Å². The van der Waals surface area contributed by atoms with Crippen molar-refractivity contribution in [3.63, 3.8) is 0 Å². The topological polar surface area (TPSA) is 26.0 Å². The first-order valence-corrected chi connectivity index (χ1v) is 6.09. The Morgan fingerprint density at radius 1 is 0.889 bits per heavy atom. The molecule has 0 aliphatic heterocycles. The highest BCUT2D eigenvalue weighted by Gasteiger charge is 1.97. The lowest BCUT2D eigenvalue weighted by atomic mass is 10.0. The highest BCUT2D eigenvalue weighted by molar-refractivity contribution is 5.87. The average molecular weight is 235 g/mol.